The Balaban J connectivity index is 1.77. The Labute approximate surface area is 110 Å². The molecule has 0 aliphatic carbocycles. The Kier molecular flexibility index (Phi) is 5.13. The number of nitrogens with one attached hydrogen (secondary N) is 1. The molecule has 1 heterocycles. The molecule has 2 nitrogen and oxygen atoms in total. The zero-order valence-electron chi connectivity index (χ0n) is 11.2. The molecule has 1 atom stereocenters. The van der Waals surface area contributed by atoms with Crippen LogP contribution in [0.5, 0.6) is 0 Å². The van der Waals surface area contributed by atoms with Crippen LogP contribution in [0, 0.1) is 0 Å². The third kappa shape index (κ3) is 4.10. The summed E-state index contributed by atoms with van der Waals surface area (Å²) in [4.78, 5) is 0. The molecule has 98 valence electrons. The second-order valence-corrected chi connectivity index (χ2v) is 4.89. The Hall–Kier alpha value is -1.44. The first-order chi connectivity index (χ1) is 8.88. The van der Waals surface area contributed by atoms with Crippen molar-refractivity contribution in [1.29, 1.82) is 0 Å². The second-order valence-electron chi connectivity index (χ2n) is 4.89. The van der Waals surface area contributed by atoms with Crippen molar-refractivity contribution >= 4 is 5.69 Å². The Morgan fingerprint density at radius 1 is 1.28 bits per heavy atom. The number of anilines is 1. The van der Waals surface area contributed by atoms with E-state index in [0.717, 1.165) is 19.4 Å². The molecule has 0 bridgehead atoms. The molecule has 0 aromatic heterocycles. The molecule has 0 saturated heterocycles. The molecule has 0 spiro atoms. The quantitative estimate of drug-likeness (QED) is 0.813. The fraction of sp³-hybridized carbons (Fsp3) is 0.500. The molecular weight excluding hydrogens is 222 g/mol. The summed E-state index contributed by atoms with van der Waals surface area (Å²) in [7, 11) is 0. The highest BCUT2D eigenvalue weighted by Gasteiger charge is 2.09. The van der Waals surface area contributed by atoms with E-state index in [4.69, 9.17) is 4.74 Å². The van der Waals surface area contributed by atoms with E-state index in [1.165, 1.54) is 30.5 Å². The Morgan fingerprint density at radius 3 is 2.78 bits per heavy atom. The molecule has 0 amide bonds. The minimum Gasteiger partial charge on any atom is -0.497 e. The molecule has 0 radical (unpaired) electrons. The van der Waals surface area contributed by atoms with Gasteiger partial charge < -0.3 is 10.1 Å². The molecule has 0 saturated carbocycles. The van der Waals surface area contributed by atoms with Gasteiger partial charge >= 0.3 is 0 Å². The van der Waals surface area contributed by atoms with Crippen LogP contribution in [0.15, 0.2) is 36.6 Å². The van der Waals surface area contributed by atoms with Crippen LogP contribution in [0.1, 0.15) is 38.2 Å². The fourth-order valence-electron chi connectivity index (χ4n) is 2.14. The number of hydrogen-bond donors (Lipinski definition) is 1. The van der Waals surface area contributed by atoms with Gasteiger partial charge in [-0.1, -0.05) is 25.5 Å². The van der Waals surface area contributed by atoms with E-state index < -0.39 is 0 Å². The second kappa shape index (κ2) is 7.10. The number of hydrogen-bond acceptors (Lipinski definition) is 2. The number of unbranched alkanes of at least 4 members (excludes halogenated alkanes) is 1. The third-order valence-electron chi connectivity index (χ3n) is 3.33. The van der Waals surface area contributed by atoms with Crippen molar-refractivity contribution in [1.82, 2.24) is 0 Å². The molecular formula is C16H23NO. The largest absolute Gasteiger partial charge is 0.497 e. The lowest BCUT2D eigenvalue weighted by atomic mass is 10.1. The van der Waals surface area contributed by atoms with Crippen LogP contribution in [0.25, 0.3) is 0 Å². The van der Waals surface area contributed by atoms with E-state index in [1.807, 2.05) is 6.26 Å². The molecule has 18 heavy (non-hydrogen) atoms. The lowest BCUT2D eigenvalue weighted by molar-refractivity contribution is 0.135. The first-order valence-corrected chi connectivity index (χ1v) is 7.02. The number of benzene rings is 1. The van der Waals surface area contributed by atoms with E-state index in [9.17, 15) is 0 Å². The highest BCUT2D eigenvalue weighted by Crippen LogP contribution is 2.14. The Morgan fingerprint density at radius 2 is 2.11 bits per heavy atom. The zero-order chi connectivity index (χ0) is 12.6. The van der Waals surface area contributed by atoms with Crippen molar-refractivity contribution in [2.75, 3.05) is 11.9 Å². The summed E-state index contributed by atoms with van der Waals surface area (Å²) in [6.45, 7) is 3.12. The van der Waals surface area contributed by atoms with E-state index in [1.54, 1.807) is 0 Å². The van der Waals surface area contributed by atoms with Crippen LogP contribution >= 0.6 is 0 Å². The minimum absolute atomic E-state index is 0.315. The molecule has 2 heteroatoms. The molecule has 1 aliphatic heterocycles. The van der Waals surface area contributed by atoms with Crippen molar-refractivity contribution in [3.05, 3.63) is 42.2 Å². The van der Waals surface area contributed by atoms with Crippen LogP contribution in [0.3, 0.4) is 0 Å². The standard InChI is InChI=1S/C16H23NO/c1-2-3-6-14-8-10-15(11-9-14)17-13-16-7-4-5-12-18-16/h5,8-12,16-17H,2-4,6-7,13H2,1H3. The number of allylic oxidation sites excluding steroid dienone is 1. The molecule has 1 aromatic rings. The van der Waals surface area contributed by atoms with Gasteiger partial charge in [0.15, 0.2) is 0 Å². The summed E-state index contributed by atoms with van der Waals surface area (Å²) in [5.41, 5.74) is 2.62. The maximum atomic E-state index is 5.53. The first kappa shape index (κ1) is 13.0. The number of ether oxygens (including phenoxy) is 1. The van der Waals surface area contributed by atoms with Gasteiger partial charge in [-0.15, -0.1) is 0 Å². The maximum absolute atomic E-state index is 5.53. The molecule has 0 fully saturated rings. The van der Waals surface area contributed by atoms with Gasteiger partial charge in [0.1, 0.15) is 6.10 Å². The predicted octanol–water partition coefficient (Wildman–Crippen LogP) is 4.13. The summed E-state index contributed by atoms with van der Waals surface area (Å²) in [5, 5.41) is 3.44. The summed E-state index contributed by atoms with van der Waals surface area (Å²) in [5.74, 6) is 0. The summed E-state index contributed by atoms with van der Waals surface area (Å²) in [6, 6.07) is 8.78. The lowest BCUT2D eigenvalue weighted by Gasteiger charge is -2.20. The van der Waals surface area contributed by atoms with Crippen molar-refractivity contribution in [3.8, 4) is 0 Å². The maximum Gasteiger partial charge on any atom is 0.115 e. The van der Waals surface area contributed by atoms with Gasteiger partial charge in [0, 0.05) is 5.69 Å². The molecule has 1 aromatic carbocycles. The zero-order valence-corrected chi connectivity index (χ0v) is 11.2. The van der Waals surface area contributed by atoms with Crippen LogP contribution in [-0.4, -0.2) is 12.6 Å². The average Bonchev–Trinajstić information content (AvgIpc) is 2.45. The third-order valence-corrected chi connectivity index (χ3v) is 3.33. The van der Waals surface area contributed by atoms with Crippen LogP contribution in [0.2, 0.25) is 0 Å². The highest BCUT2D eigenvalue weighted by atomic mass is 16.5. The van der Waals surface area contributed by atoms with Crippen molar-refractivity contribution < 1.29 is 4.74 Å². The summed E-state index contributed by atoms with van der Waals surface area (Å²) >= 11 is 0. The van der Waals surface area contributed by atoms with Gasteiger partial charge in [-0.05, 0) is 49.5 Å². The van der Waals surface area contributed by atoms with Crippen LogP contribution in [0.4, 0.5) is 5.69 Å². The van der Waals surface area contributed by atoms with E-state index in [-0.39, 0.29) is 0 Å². The van der Waals surface area contributed by atoms with E-state index >= 15 is 0 Å². The molecule has 1 aliphatic rings. The first-order valence-electron chi connectivity index (χ1n) is 7.02. The van der Waals surface area contributed by atoms with Gasteiger partial charge in [0.05, 0.1) is 12.8 Å². The Bertz CT molecular complexity index is 369. The fourth-order valence-corrected chi connectivity index (χ4v) is 2.14. The highest BCUT2D eigenvalue weighted by molar-refractivity contribution is 5.44. The van der Waals surface area contributed by atoms with Crippen LogP contribution in [-0.2, 0) is 11.2 Å². The average molecular weight is 245 g/mol. The molecule has 2 rings (SSSR count). The van der Waals surface area contributed by atoms with Gasteiger partial charge in [-0.25, -0.2) is 0 Å². The topological polar surface area (TPSA) is 21.3 Å². The summed E-state index contributed by atoms with van der Waals surface area (Å²) < 4.78 is 5.53. The van der Waals surface area contributed by atoms with Crippen molar-refractivity contribution in [2.45, 2.75) is 45.1 Å². The van der Waals surface area contributed by atoms with E-state index in [2.05, 4.69) is 42.6 Å². The smallest absolute Gasteiger partial charge is 0.115 e. The number of rotatable bonds is 6. The molecule has 1 unspecified atom stereocenters. The van der Waals surface area contributed by atoms with Gasteiger partial charge in [0.2, 0.25) is 0 Å². The van der Waals surface area contributed by atoms with Gasteiger partial charge in [-0.3, -0.25) is 0 Å². The normalized spacial score (nSPS) is 18.4. The van der Waals surface area contributed by atoms with Crippen LogP contribution < -0.4 is 5.32 Å². The van der Waals surface area contributed by atoms with E-state index in [0.29, 0.717) is 6.10 Å². The van der Waals surface area contributed by atoms with Crippen molar-refractivity contribution in [3.63, 3.8) is 0 Å². The lowest BCUT2D eigenvalue weighted by Crippen LogP contribution is -2.22. The van der Waals surface area contributed by atoms with Gasteiger partial charge in [-0.2, -0.15) is 0 Å². The molecule has 1 N–H and O–H groups in total. The number of aryl methyl sites for hydroxylation is 1. The van der Waals surface area contributed by atoms with Gasteiger partial charge in [0.25, 0.3) is 0 Å². The predicted molar refractivity (Wildman–Crippen MR) is 76.8 cm³/mol. The SMILES string of the molecule is CCCCc1ccc(NCC2CCC=CO2)cc1. The summed E-state index contributed by atoms with van der Waals surface area (Å²) in [6.07, 6.45) is 10.2. The van der Waals surface area contributed by atoms with Crippen molar-refractivity contribution in [2.24, 2.45) is 0 Å². The minimum atomic E-state index is 0.315. The monoisotopic (exact) mass is 245 g/mol.